The molecule has 1 saturated heterocycles. The summed E-state index contributed by atoms with van der Waals surface area (Å²) in [6.45, 7) is 3.25. The highest BCUT2D eigenvalue weighted by Crippen LogP contribution is 2.46. The number of nitrogens with one attached hydrogen (secondary N) is 1. The second-order valence-electron chi connectivity index (χ2n) is 6.66. The summed E-state index contributed by atoms with van der Waals surface area (Å²) in [5.41, 5.74) is 1.99. The number of anilines is 1. The number of hydrogen-bond donors (Lipinski definition) is 1. The molecule has 0 aromatic carbocycles. The van der Waals surface area contributed by atoms with Gasteiger partial charge in [0.1, 0.15) is 0 Å². The van der Waals surface area contributed by atoms with Crippen LogP contribution in [0.3, 0.4) is 0 Å². The second-order valence-corrected chi connectivity index (χ2v) is 7.54. The smallest absolute Gasteiger partial charge is 0.195 e. The van der Waals surface area contributed by atoms with E-state index in [4.69, 9.17) is 4.98 Å². The molecule has 0 amide bonds. The molecule has 2 aromatic heterocycles. The molecule has 2 aliphatic rings. The molecule has 21 heavy (non-hydrogen) atoms. The van der Waals surface area contributed by atoms with Crippen LogP contribution in [-0.4, -0.2) is 29.5 Å². The molecule has 0 atom stereocenters. The summed E-state index contributed by atoms with van der Waals surface area (Å²) in [6.07, 6.45) is 10.7. The van der Waals surface area contributed by atoms with Gasteiger partial charge in [0, 0.05) is 31.2 Å². The van der Waals surface area contributed by atoms with Crippen LogP contribution in [0.25, 0.3) is 4.96 Å². The predicted octanol–water partition coefficient (Wildman–Crippen LogP) is 3.28. The van der Waals surface area contributed by atoms with E-state index in [1.54, 1.807) is 11.3 Å². The number of aromatic nitrogens is 2. The Morgan fingerprint density at radius 1 is 1.24 bits per heavy atom. The first-order valence-electron chi connectivity index (χ1n) is 8.15. The van der Waals surface area contributed by atoms with Crippen molar-refractivity contribution >= 4 is 22.1 Å². The number of piperidine rings is 1. The predicted molar refractivity (Wildman–Crippen MR) is 88.2 cm³/mol. The van der Waals surface area contributed by atoms with Crippen LogP contribution < -0.4 is 10.2 Å². The van der Waals surface area contributed by atoms with Gasteiger partial charge in [0.15, 0.2) is 10.8 Å². The first kappa shape index (κ1) is 13.6. The van der Waals surface area contributed by atoms with Gasteiger partial charge in [0.05, 0.1) is 5.69 Å². The fraction of sp³-hybridized carbons (Fsp3) is 0.688. The normalized spacial score (nSPS) is 21.7. The zero-order chi connectivity index (χ0) is 14.3. The average molecular weight is 304 g/mol. The van der Waals surface area contributed by atoms with Gasteiger partial charge in [-0.25, -0.2) is 4.98 Å². The van der Waals surface area contributed by atoms with Gasteiger partial charge in [-0.1, -0.05) is 12.8 Å². The molecule has 1 aliphatic heterocycles. The first-order valence-corrected chi connectivity index (χ1v) is 9.03. The topological polar surface area (TPSA) is 32.6 Å². The summed E-state index contributed by atoms with van der Waals surface area (Å²) in [5.74, 6) is 1.21. The SMILES string of the molecule is CNCc1c(N2CCC3(CCCC3)CC2)nc2sccn12. The summed E-state index contributed by atoms with van der Waals surface area (Å²) < 4.78 is 2.25. The lowest BCUT2D eigenvalue weighted by Gasteiger charge is -2.40. The second kappa shape index (κ2) is 5.29. The minimum atomic E-state index is 0.677. The van der Waals surface area contributed by atoms with E-state index in [1.807, 2.05) is 7.05 Å². The van der Waals surface area contributed by atoms with Gasteiger partial charge in [0.2, 0.25) is 0 Å². The monoisotopic (exact) mass is 304 g/mol. The van der Waals surface area contributed by atoms with Crippen LogP contribution in [0.4, 0.5) is 5.82 Å². The molecule has 4 rings (SSSR count). The van der Waals surface area contributed by atoms with Gasteiger partial charge >= 0.3 is 0 Å². The molecule has 1 spiro atoms. The Kier molecular flexibility index (Phi) is 3.42. The van der Waals surface area contributed by atoms with Crippen LogP contribution in [0.1, 0.15) is 44.2 Å². The quantitative estimate of drug-likeness (QED) is 0.944. The molecule has 1 saturated carbocycles. The fourth-order valence-corrected chi connectivity index (χ4v) is 4.95. The third-order valence-electron chi connectivity index (χ3n) is 5.47. The highest BCUT2D eigenvalue weighted by molar-refractivity contribution is 7.15. The van der Waals surface area contributed by atoms with Crippen LogP contribution in [0.5, 0.6) is 0 Å². The largest absolute Gasteiger partial charge is 0.355 e. The van der Waals surface area contributed by atoms with Crippen molar-refractivity contribution in [3.8, 4) is 0 Å². The highest BCUT2D eigenvalue weighted by Gasteiger charge is 2.37. The highest BCUT2D eigenvalue weighted by atomic mass is 32.1. The molecule has 5 heteroatoms. The summed E-state index contributed by atoms with van der Waals surface area (Å²) in [5, 5.41) is 5.42. The third-order valence-corrected chi connectivity index (χ3v) is 6.23. The Balaban J connectivity index is 1.59. The number of hydrogen-bond acceptors (Lipinski definition) is 4. The van der Waals surface area contributed by atoms with E-state index in [0.717, 1.165) is 11.5 Å². The van der Waals surface area contributed by atoms with Gasteiger partial charge < -0.3 is 10.2 Å². The van der Waals surface area contributed by atoms with E-state index in [9.17, 15) is 0 Å². The summed E-state index contributed by atoms with van der Waals surface area (Å²) in [4.78, 5) is 8.54. The van der Waals surface area contributed by atoms with Gasteiger partial charge in [-0.15, -0.1) is 11.3 Å². The molecule has 1 N–H and O–H groups in total. The van der Waals surface area contributed by atoms with Gasteiger partial charge in [-0.2, -0.15) is 0 Å². The molecular weight excluding hydrogens is 280 g/mol. The molecule has 2 fully saturated rings. The summed E-state index contributed by atoms with van der Waals surface area (Å²) >= 11 is 1.73. The molecule has 2 aromatic rings. The Hall–Kier alpha value is -1.07. The van der Waals surface area contributed by atoms with E-state index in [1.165, 1.54) is 63.1 Å². The van der Waals surface area contributed by atoms with E-state index < -0.39 is 0 Å². The molecule has 114 valence electrons. The van der Waals surface area contributed by atoms with Crippen molar-refractivity contribution < 1.29 is 0 Å². The number of thiazole rings is 1. The van der Waals surface area contributed by atoms with Gasteiger partial charge in [0.25, 0.3) is 0 Å². The number of rotatable bonds is 3. The Morgan fingerprint density at radius 2 is 2.00 bits per heavy atom. The van der Waals surface area contributed by atoms with Gasteiger partial charge in [-0.05, 0) is 38.1 Å². The maximum Gasteiger partial charge on any atom is 0.195 e. The third kappa shape index (κ3) is 2.27. The standard InChI is InChI=1S/C16H24N4S/c1-17-12-13-14(18-15-20(13)10-11-21-15)19-8-6-16(7-9-19)4-2-3-5-16/h10-11,17H,2-9,12H2,1H3. The van der Waals surface area contributed by atoms with E-state index in [-0.39, 0.29) is 0 Å². The number of fused-ring (bicyclic) bond motifs is 1. The minimum Gasteiger partial charge on any atom is -0.355 e. The van der Waals surface area contributed by atoms with Crippen molar-refractivity contribution in [1.29, 1.82) is 0 Å². The molecule has 0 radical (unpaired) electrons. The molecule has 4 nitrogen and oxygen atoms in total. The van der Waals surface area contributed by atoms with Crippen LogP contribution in [0.2, 0.25) is 0 Å². The van der Waals surface area contributed by atoms with Crippen molar-refractivity contribution in [3.05, 3.63) is 17.3 Å². The summed E-state index contributed by atoms with van der Waals surface area (Å²) in [7, 11) is 2.01. The van der Waals surface area contributed by atoms with Gasteiger partial charge in [-0.3, -0.25) is 4.40 Å². The van der Waals surface area contributed by atoms with Crippen LogP contribution in [0.15, 0.2) is 11.6 Å². The van der Waals surface area contributed by atoms with E-state index >= 15 is 0 Å². The number of imidazole rings is 1. The Labute approximate surface area is 130 Å². The van der Waals surface area contributed by atoms with Crippen LogP contribution >= 0.6 is 11.3 Å². The van der Waals surface area contributed by atoms with Crippen molar-refractivity contribution in [1.82, 2.24) is 14.7 Å². The molecular formula is C16H24N4S. The number of nitrogens with zero attached hydrogens (tertiary/aromatic N) is 3. The molecule has 1 aliphatic carbocycles. The van der Waals surface area contributed by atoms with Crippen LogP contribution in [0, 0.1) is 5.41 Å². The zero-order valence-corrected chi connectivity index (χ0v) is 13.6. The maximum atomic E-state index is 4.90. The Morgan fingerprint density at radius 3 is 2.71 bits per heavy atom. The zero-order valence-electron chi connectivity index (χ0n) is 12.8. The molecule has 3 heterocycles. The Bertz CT molecular complexity index is 613. The lowest BCUT2D eigenvalue weighted by Crippen LogP contribution is -2.39. The first-order chi connectivity index (χ1) is 10.3. The lowest BCUT2D eigenvalue weighted by atomic mass is 9.77. The van der Waals surface area contributed by atoms with Crippen molar-refractivity contribution in [2.24, 2.45) is 5.41 Å². The van der Waals surface area contributed by atoms with Crippen LogP contribution in [-0.2, 0) is 6.54 Å². The lowest BCUT2D eigenvalue weighted by molar-refractivity contribution is 0.226. The van der Waals surface area contributed by atoms with E-state index in [2.05, 4.69) is 26.2 Å². The molecule has 0 unspecified atom stereocenters. The van der Waals surface area contributed by atoms with Crippen molar-refractivity contribution in [2.45, 2.75) is 45.1 Å². The minimum absolute atomic E-state index is 0.677. The van der Waals surface area contributed by atoms with E-state index in [0.29, 0.717) is 5.41 Å². The molecule has 0 bridgehead atoms. The van der Waals surface area contributed by atoms with Crippen molar-refractivity contribution in [2.75, 3.05) is 25.0 Å². The summed E-state index contributed by atoms with van der Waals surface area (Å²) in [6, 6.07) is 0. The fourth-order valence-electron chi connectivity index (χ4n) is 4.22. The average Bonchev–Trinajstić information content (AvgIpc) is 3.19. The maximum absolute atomic E-state index is 4.90. The van der Waals surface area contributed by atoms with Crippen molar-refractivity contribution in [3.63, 3.8) is 0 Å².